The first kappa shape index (κ1) is 31.8. The molecule has 0 fully saturated rings. The molecule has 0 saturated heterocycles. The van der Waals surface area contributed by atoms with Crippen LogP contribution in [0.15, 0.2) is 114 Å². The molecule has 9 aromatic rings. The zero-order chi connectivity index (χ0) is 35.3. The molecule has 0 aliphatic heterocycles. The predicted octanol–water partition coefficient (Wildman–Crippen LogP) is -1.89. The van der Waals surface area contributed by atoms with E-state index in [0.717, 1.165) is 16.6 Å². The summed E-state index contributed by atoms with van der Waals surface area (Å²) in [6.07, 6.45) is 0. The van der Waals surface area contributed by atoms with Crippen LogP contribution < -0.4 is 43.7 Å². The number of hydrogen-bond acceptors (Lipinski definition) is 1. The number of rotatable bonds is 3. The van der Waals surface area contributed by atoms with Gasteiger partial charge < -0.3 is 4.42 Å². The van der Waals surface area contributed by atoms with Crippen molar-refractivity contribution < 1.29 is 4.42 Å². The molecule has 0 N–H and O–H groups in total. The minimum absolute atomic E-state index is 0.921. The fourth-order valence-corrected chi connectivity index (χ4v) is 8.88. The molecule has 0 radical (unpaired) electrons. The maximum Gasteiger partial charge on any atom is 0.139 e. The van der Waals surface area contributed by atoms with Gasteiger partial charge in [0, 0.05) is 10.8 Å². The summed E-state index contributed by atoms with van der Waals surface area (Å²) >= 11 is 0. The van der Waals surface area contributed by atoms with Crippen LogP contribution >= 0.6 is 0 Å². The van der Waals surface area contributed by atoms with E-state index in [-0.39, 0.29) is 0 Å². The topological polar surface area (TPSA) is 13.1 Å². The van der Waals surface area contributed by atoms with E-state index in [9.17, 15) is 0 Å². The molecule has 0 bridgehead atoms. The van der Waals surface area contributed by atoms with Crippen molar-refractivity contribution >= 4 is 161 Å². The van der Waals surface area contributed by atoms with Crippen molar-refractivity contribution in [3.63, 3.8) is 0 Å². The highest BCUT2D eigenvalue weighted by molar-refractivity contribution is 6.71. The highest BCUT2D eigenvalue weighted by atomic mass is 16.3. The van der Waals surface area contributed by atoms with E-state index in [4.69, 9.17) is 4.42 Å². The molecule has 1 heterocycles. The predicted molar refractivity (Wildman–Crippen MR) is 248 cm³/mol. The smallest absolute Gasteiger partial charge is 0.139 e. The summed E-state index contributed by atoms with van der Waals surface area (Å²) in [5, 5.41) is 10.2. The zero-order valence-electron chi connectivity index (χ0n) is 30.8. The third-order valence-electron chi connectivity index (χ3n) is 12.3. The fraction of sp³-hybridized carbons (Fsp3) is 0. The van der Waals surface area contributed by atoms with E-state index in [1.165, 1.54) is 115 Å². The van der Waals surface area contributed by atoms with Crippen LogP contribution in [0.1, 0.15) is 0 Å². The van der Waals surface area contributed by atoms with E-state index >= 15 is 0 Å². The average Bonchev–Trinajstić information content (AvgIpc) is 3.53. The third-order valence-corrected chi connectivity index (χ3v) is 12.3. The molecule has 9 heteroatoms. The lowest BCUT2D eigenvalue weighted by molar-refractivity contribution is 0.669. The molecule has 0 atom stereocenters. The Morgan fingerprint density at radius 1 is 0.333 bits per heavy atom. The van der Waals surface area contributed by atoms with Crippen LogP contribution in [0.4, 0.5) is 0 Å². The van der Waals surface area contributed by atoms with Crippen LogP contribution in [0, 0.1) is 0 Å². The minimum Gasteiger partial charge on any atom is -0.456 e. The first-order chi connectivity index (χ1) is 24.7. The minimum atomic E-state index is 0.921. The second-order valence-corrected chi connectivity index (χ2v) is 14.7. The highest BCUT2D eigenvalue weighted by Crippen LogP contribution is 2.42. The normalized spacial score (nSPS) is 11.8. The Morgan fingerprint density at radius 2 is 0.784 bits per heavy atom. The molecule has 1 nitrogen and oxygen atoms in total. The van der Waals surface area contributed by atoms with E-state index in [1.807, 2.05) is 0 Å². The molecule has 0 spiro atoms. The summed E-state index contributed by atoms with van der Waals surface area (Å²) in [6, 6.07) is 39.8. The van der Waals surface area contributed by atoms with Crippen molar-refractivity contribution in [2.24, 2.45) is 0 Å². The van der Waals surface area contributed by atoms with E-state index in [1.54, 1.807) is 0 Å². The van der Waals surface area contributed by atoms with Crippen molar-refractivity contribution in [1.29, 1.82) is 0 Å². The van der Waals surface area contributed by atoms with Crippen LogP contribution in [0.3, 0.4) is 0 Å². The van der Waals surface area contributed by atoms with Gasteiger partial charge in [-0.1, -0.05) is 113 Å². The molecule has 0 saturated carbocycles. The maximum atomic E-state index is 6.45. The van der Waals surface area contributed by atoms with Gasteiger partial charge in [0.25, 0.3) is 0 Å². The summed E-state index contributed by atoms with van der Waals surface area (Å²) in [7, 11) is 18.5. The summed E-state index contributed by atoms with van der Waals surface area (Å²) in [6.45, 7) is 0. The second-order valence-electron chi connectivity index (χ2n) is 14.7. The number of hydrogen-bond donors (Lipinski definition) is 0. The van der Waals surface area contributed by atoms with Crippen molar-refractivity contribution in [1.82, 2.24) is 0 Å². The van der Waals surface area contributed by atoms with Gasteiger partial charge in [0.2, 0.25) is 0 Å². The van der Waals surface area contributed by atoms with Crippen molar-refractivity contribution in [2.75, 3.05) is 0 Å². The summed E-state index contributed by atoms with van der Waals surface area (Å²) in [5.41, 5.74) is 20.4. The lowest BCUT2D eigenvalue weighted by Gasteiger charge is -2.28. The summed E-state index contributed by atoms with van der Waals surface area (Å²) < 4.78 is 6.45. The Hall–Kier alpha value is -5.14. The number of furan rings is 1. The van der Waals surface area contributed by atoms with Gasteiger partial charge in [0.05, 0.1) is 0 Å². The average molecular weight is 641 g/mol. The van der Waals surface area contributed by atoms with E-state index in [0.29, 0.717) is 0 Å². The fourth-order valence-electron chi connectivity index (χ4n) is 8.88. The Kier molecular flexibility index (Phi) is 7.30. The van der Waals surface area contributed by atoms with Gasteiger partial charge in [-0.3, -0.25) is 0 Å². The van der Waals surface area contributed by atoms with Crippen LogP contribution in [0.5, 0.6) is 0 Å². The van der Waals surface area contributed by atoms with Crippen LogP contribution in [0.25, 0.3) is 87.6 Å². The SMILES string of the molecule is Bc1c(B)c(B)c2c(-c3ccc(-c4cccc5oc6cc7ccccc7cc6c45)cc3)c3c(B)c(B)c(B)c(B)c3c(-c3ccccc3)c2c1B. The lowest BCUT2D eigenvalue weighted by atomic mass is 9.59. The Morgan fingerprint density at radius 3 is 1.31 bits per heavy atom. The first-order valence-electron chi connectivity index (χ1n) is 18.1. The molecule has 0 unspecified atom stereocenters. The number of benzene rings is 8. The Labute approximate surface area is 306 Å². The largest absolute Gasteiger partial charge is 0.456 e. The quantitative estimate of drug-likeness (QED) is 0.163. The van der Waals surface area contributed by atoms with Gasteiger partial charge in [-0.2, -0.15) is 0 Å². The van der Waals surface area contributed by atoms with Gasteiger partial charge in [-0.15, -0.1) is 21.9 Å². The lowest BCUT2D eigenvalue weighted by Crippen LogP contribution is -2.50. The molecule has 8 aromatic carbocycles. The van der Waals surface area contributed by atoms with Gasteiger partial charge in [0.1, 0.15) is 73.9 Å². The van der Waals surface area contributed by atoms with Crippen LogP contribution in [-0.2, 0) is 0 Å². The van der Waals surface area contributed by atoms with Crippen molar-refractivity contribution in [3.8, 4) is 33.4 Å². The van der Waals surface area contributed by atoms with Crippen LogP contribution in [0.2, 0.25) is 0 Å². The van der Waals surface area contributed by atoms with E-state index in [2.05, 4.69) is 172 Å². The Bertz CT molecular complexity index is 2850. The molecule has 51 heavy (non-hydrogen) atoms. The van der Waals surface area contributed by atoms with Gasteiger partial charge in [0.15, 0.2) is 0 Å². The summed E-state index contributed by atoms with van der Waals surface area (Å²) in [4.78, 5) is 0. The van der Waals surface area contributed by atoms with Gasteiger partial charge >= 0.3 is 0 Å². The number of fused-ring (bicyclic) bond motifs is 6. The van der Waals surface area contributed by atoms with Crippen molar-refractivity contribution in [2.45, 2.75) is 0 Å². The molecule has 9 rings (SSSR count). The van der Waals surface area contributed by atoms with E-state index < -0.39 is 0 Å². The highest BCUT2D eigenvalue weighted by Gasteiger charge is 2.25. The third kappa shape index (κ3) is 4.60. The molecule has 232 valence electrons. The van der Waals surface area contributed by atoms with Crippen LogP contribution in [-0.4, -0.2) is 62.8 Å². The zero-order valence-corrected chi connectivity index (χ0v) is 30.8. The maximum absolute atomic E-state index is 6.45. The molecule has 0 aliphatic carbocycles. The summed E-state index contributed by atoms with van der Waals surface area (Å²) in [5.74, 6) is 0. The standard InChI is InChI=1S/C42H34B8O/c43-35-31-28(20-7-2-1-3-8-20)32-34(38(46)42(50)40(48)36(32)44)29(33(31)37(45)41(49)39(35)47)21-15-13-19(14-16-21)24-11-6-12-26-30(24)25-17-22-9-4-5-10-23(22)18-27(25)51-26/h1-18H,43-50H2. The molecule has 0 aliphatic rings. The van der Waals surface area contributed by atoms with Gasteiger partial charge in [-0.05, 0) is 83.9 Å². The molecule has 1 aromatic heterocycles. The molecule has 0 amide bonds. The first-order valence-corrected chi connectivity index (χ1v) is 18.1. The molecular weight excluding hydrogens is 607 g/mol. The second kappa shape index (κ2) is 11.7. The Balaban J connectivity index is 1.37. The van der Waals surface area contributed by atoms with Crippen molar-refractivity contribution in [3.05, 3.63) is 109 Å². The van der Waals surface area contributed by atoms with Gasteiger partial charge in [-0.25, -0.2) is 0 Å². The monoisotopic (exact) mass is 642 g/mol. The molecular formula is C42H34B8O.